The Balaban J connectivity index is 1.72. The molecule has 3 nitrogen and oxygen atoms in total. The van der Waals surface area contributed by atoms with Crippen LogP contribution in [0.4, 0.5) is 0 Å². The Labute approximate surface area is 128 Å². The molecule has 0 aromatic heterocycles. The summed E-state index contributed by atoms with van der Waals surface area (Å²) in [5.74, 6) is -0.00210. The predicted octanol–water partition coefficient (Wildman–Crippen LogP) is 3.03. The molecule has 0 radical (unpaired) electrons. The minimum Gasteiger partial charge on any atom is -0.354 e. The van der Waals surface area contributed by atoms with Gasteiger partial charge in [0.15, 0.2) is 0 Å². The number of carbonyl (C=O) groups is 1. The first kappa shape index (κ1) is 16.0. The first-order chi connectivity index (χ1) is 10.1. The van der Waals surface area contributed by atoms with Gasteiger partial charge in [0.05, 0.1) is 6.04 Å². The smallest absolute Gasteiger partial charge is 0.236 e. The van der Waals surface area contributed by atoms with Crippen LogP contribution in [-0.4, -0.2) is 18.5 Å². The zero-order valence-electron chi connectivity index (χ0n) is 13.1. The van der Waals surface area contributed by atoms with Crippen LogP contribution in [0.1, 0.15) is 51.0 Å². The average molecular weight is 288 g/mol. The van der Waals surface area contributed by atoms with Crippen molar-refractivity contribution in [3.63, 3.8) is 0 Å². The maximum absolute atomic E-state index is 12.1. The Morgan fingerprint density at radius 3 is 2.57 bits per heavy atom. The third-order valence-corrected chi connectivity index (χ3v) is 4.67. The van der Waals surface area contributed by atoms with Gasteiger partial charge >= 0.3 is 0 Å². The highest BCUT2D eigenvalue weighted by atomic mass is 16.2. The van der Waals surface area contributed by atoms with Crippen LogP contribution in [0.25, 0.3) is 0 Å². The number of amides is 1. The van der Waals surface area contributed by atoms with E-state index in [0.717, 1.165) is 13.0 Å². The lowest BCUT2D eigenvalue weighted by molar-refractivity contribution is -0.123. The Morgan fingerprint density at radius 2 is 1.90 bits per heavy atom. The molecule has 1 aliphatic rings. The lowest BCUT2D eigenvalue weighted by Crippen LogP contribution is -2.45. The van der Waals surface area contributed by atoms with Crippen molar-refractivity contribution < 1.29 is 4.79 Å². The molecule has 0 bridgehead atoms. The van der Waals surface area contributed by atoms with Crippen LogP contribution in [0.5, 0.6) is 0 Å². The fourth-order valence-electron chi connectivity index (χ4n) is 3.11. The largest absolute Gasteiger partial charge is 0.354 e. The molecule has 3 heteroatoms. The molecule has 0 heterocycles. The van der Waals surface area contributed by atoms with Crippen LogP contribution in [0, 0.1) is 5.41 Å². The molecule has 1 aromatic rings. The zero-order valence-corrected chi connectivity index (χ0v) is 13.1. The summed E-state index contributed by atoms with van der Waals surface area (Å²) >= 11 is 0. The van der Waals surface area contributed by atoms with E-state index in [1.165, 1.54) is 37.7 Å². The SMILES string of the molecule is CC1(CNC(=O)[C@@H](N)CCc2ccccc2)CCCCC1. The van der Waals surface area contributed by atoms with Gasteiger partial charge in [-0.3, -0.25) is 4.79 Å². The van der Waals surface area contributed by atoms with Gasteiger partial charge in [0.1, 0.15) is 0 Å². The van der Waals surface area contributed by atoms with E-state index in [1.807, 2.05) is 18.2 Å². The standard InChI is InChI=1S/C18H28N2O/c1-18(12-6-3-7-13-18)14-20-17(21)16(19)11-10-15-8-4-2-5-9-15/h2,4-5,8-9,16H,3,6-7,10-14,19H2,1H3,(H,20,21)/t16-/m0/s1. The van der Waals surface area contributed by atoms with Gasteiger partial charge in [-0.25, -0.2) is 0 Å². The van der Waals surface area contributed by atoms with Crippen LogP contribution >= 0.6 is 0 Å². The minimum atomic E-state index is -0.405. The van der Waals surface area contributed by atoms with E-state index in [1.54, 1.807) is 0 Å². The molecule has 0 saturated heterocycles. The van der Waals surface area contributed by atoms with Crippen molar-refractivity contribution in [3.05, 3.63) is 35.9 Å². The Kier molecular flexibility index (Phi) is 5.80. The summed E-state index contributed by atoms with van der Waals surface area (Å²) in [6.07, 6.45) is 7.89. The summed E-state index contributed by atoms with van der Waals surface area (Å²) in [6, 6.07) is 9.79. The molecule has 2 rings (SSSR count). The number of rotatable bonds is 6. The fourth-order valence-corrected chi connectivity index (χ4v) is 3.11. The molecular formula is C18H28N2O. The van der Waals surface area contributed by atoms with Crippen LogP contribution in [-0.2, 0) is 11.2 Å². The lowest BCUT2D eigenvalue weighted by atomic mass is 9.76. The summed E-state index contributed by atoms with van der Waals surface area (Å²) in [6.45, 7) is 3.05. The lowest BCUT2D eigenvalue weighted by Gasteiger charge is -2.34. The number of benzene rings is 1. The van der Waals surface area contributed by atoms with Crippen molar-refractivity contribution in [3.8, 4) is 0 Å². The van der Waals surface area contributed by atoms with Gasteiger partial charge in [0.25, 0.3) is 0 Å². The first-order valence-electron chi connectivity index (χ1n) is 8.16. The predicted molar refractivity (Wildman–Crippen MR) is 86.9 cm³/mol. The molecule has 1 saturated carbocycles. The van der Waals surface area contributed by atoms with E-state index >= 15 is 0 Å². The summed E-state index contributed by atoms with van der Waals surface area (Å²) in [4.78, 5) is 12.1. The van der Waals surface area contributed by atoms with E-state index < -0.39 is 6.04 Å². The molecule has 1 aromatic carbocycles. The monoisotopic (exact) mass is 288 g/mol. The molecule has 1 amide bonds. The van der Waals surface area contributed by atoms with Gasteiger partial charge < -0.3 is 11.1 Å². The second kappa shape index (κ2) is 7.60. The molecule has 0 spiro atoms. The summed E-state index contributed by atoms with van der Waals surface area (Å²) in [5, 5.41) is 3.06. The maximum Gasteiger partial charge on any atom is 0.236 e. The van der Waals surface area contributed by atoms with Gasteiger partial charge in [0.2, 0.25) is 5.91 Å². The highest BCUT2D eigenvalue weighted by molar-refractivity contribution is 5.81. The van der Waals surface area contributed by atoms with Crippen molar-refractivity contribution in [2.24, 2.45) is 11.1 Å². The van der Waals surface area contributed by atoms with Crippen LogP contribution in [0.3, 0.4) is 0 Å². The highest BCUT2D eigenvalue weighted by Gasteiger charge is 2.27. The molecule has 116 valence electrons. The quantitative estimate of drug-likeness (QED) is 0.845. The molecule has 1 aliphatic carbocycles. The van der Waals surface area contributed by atoms with Gasteiger partial charge in [-0.2, -0.15) is 0 Å². The Hall–Kier alpha value is -1.35. The van der Waals surface area contributed by atoms with Crippen molar-refractivity contribution in [1.82, 2.24) is 5.32 Å². The van der Waals surface area contributed by atoms with E-state index in [0.29, 0.717) is 6.42 Å². The number of hydrogen-bond acceptors (Lipinski definition) is 2. The summed E-state index contributed by atoms with van der Waals surface area (Å²) < 4.78 is 0. The number of nitrogens with two attached hydrogens (primary N) is 1. The Morgan fingerprint density at radius 1 is 1.24 bits per heavy atom. The second-order valence-corrected chi connectivity index (χ2v) is 6.72. The molecule has 21 heavy (non-hydrogen) atoms. The summed E-state index contributed by atoms with van der Waals surface area (Å²) in [5.41, 5.74) is 7.52. The third-order valence-electron chi connectivity index (χ3n) is 4.67. The van der Waals surface area contributed by atoms with E-state index in [9.17, 15) is 4.79 Å². The van der Waals surface area contributed by atoms with Crippen molar-refractivity contribution >= 4 is 5.91 Å². The first-order valence-corrected chi connectivity index (χ1v) is 8.16. The van der Waals surface area contributed by atoms with Crippen LogP contribution < -0.4 is 11.1 Å². The maximum atomic E-state index is 12.1. The fraction of sp³-hybridized carbons (Fsp3) is 0.611. The van der Waals surface area contributed by atoms with Gasteiger partial charge in [-0.05, 0) is 36.7 Å². The third kappa shape index (κ3) is 5.16. The Bertz CT molecular complexity index is 438. The minimum absolute atomic E-state index is 0.00210. The average Bonchev–Trinajstić information content (AvgIpc) is 2.52. The molecule has 0 aliphatic heterocycles. The van der Waals surface area contributed by atoms with Crippen molar-refractivity contribution in [2.45, 2.75) is 57.9 Å². The van der Waals surface area contributed by atoms with E-state index in [2.05, 4.69) is 24.4 Å². The number of hydrogen-bond donors (Lipinski definition) is 2. The van der Waals surface area contributed by atoms with Crippen molar-refractivity contribution in [1.29, 1.82) is 0 Å². The van der Waals surface area contributed by atoms with Gasteiger partial charge in [-0.1, -0.05) is 56.5 Å². The van der Waals surface area contributed by atoms with Crippen LogP contribution in [0.15, 0.2) is 30.3 Å². The van der Waals surface area contributed by atoms with Gasteiger partial charge in [-0.15, -0.1) is 0 Å². The van der Waals surface area contributed by atoms with E-state index in [-0.39, 0.29) is 11.3 Å². The second-order valence-electron chi connectivity index (χ2n) is 6.72. The molecule has 0 unspecified atom stereocenters. The topological polar surface area (TPSA) is 55.1 Å². The molecule has 3 N–H and O–H groups in total. The van der Waals surface area contributed by atoms with Gasteiger partial charge in [0, 0.05) is 6.54 Å². The molecule has 1 atom stereocenters. The van der Waals surface area contributed by atoms with Crippen molar-refractivity contribution in [2.75, 3.05) is 6.54 Å². The molecule has 1 fully saturated rings. The van der Waals surface area contributed by atoms with Crippen LogP contribution in [0.2, 0.25) is 0 Å². The molecular weight excluding hydrogens is 260 g/mol. The van der Waals surface area contributed by atoms with E-state index in [4.69, 9.17) is 5.73 Å². The zero-order chi connectivity index (χ0) is 15.1. The number of carbonyl (C=O) groups excluding carboxylic acids is 1. The normalized spacial score (nSPS) is 19.0. The highest BCUT2D eigenvalue weighted by Crippen LogP contribution is 2.34. The number of aryl methyl sites for hydroxylation is 1. The summed E-state index contributed by atoms with van der Waals surface area (Å²) in [7, 11) is 0. The number of nitrogens with one attached hydrogen (secondary N) is 1.